The third-order valence-electron chi connectivity index (χ3n) is 5.17. The molecule has 1 aliphatic rings. The molecule has 2 nitrogen and oxygen atoms in total. The average molecular weight is 461 g/mol. The van der Waals surface area contributed by atoms with Gasteiger partial charge in [0.05, 0.1) is 0 Å². The van der Waals surface area contributed by atoms with Crippen molar-refractivity contribution < 1.29 is 20.8 Å². The molecule has 0 radical (unpaired) electrons. The number of benzene rings is 2. The van der Waals surface area contributed by atoms with Gasteiger partial charge in [-0.25, -0.2) is 0 Å². The van der Waals surface area contributed by atoms with Gasteiger partial charge in [0.2, 0.25) is 0 Å². The average Bonchev–Trinajstić information content (AvgIpc) is 2.91. The summed E-state index contributed by atoms with van der Waals surface area (Å²) in [6.45, 7) is 8.46. The fourth-order valence-electron chi connectivity index (χ4n) is 4.07. The maximum atomic E-state index is 6.86. The summed E-state index contributed by atoms with van der Waals surface area (Å²) in [6.07, 6.45) is 1.17. The van der Waals surface area contributed by atoms with E-state index < -0.39 is 24.2 Å². The minimum atomic E-state index is -1.72. The van der Waals surface area contributed by atoms with E-state index in [0.717, 1.165) is 5.75 Å². The van der Waals surface area contributed by atoms with Crippen molar-refractivity contribution in [1.82, 2.24) is 4.90 Å². The molecular formula is C21H32Cl2NOSiTi. The van der Waals surface area contributed by atoms with E-state index in [4.69, 9.17) is 3.32 Å². The standard InChI is InChI=1S/C11H14N.C8H10O.C2H7Si.2ClH.Ti/c1-12(2)11-7-9-5-3-4-6-10(9)8-11;1-6-3-7(2)5-8(9)4-6;1-3-2;;;/h3-7,11H,8H2,1-2H3;3-5,9H,1-2H3;3H,1-2H3;2*1H;/q;;;;;+1/p-1. The van der Waals surface area contributed by atoms with E-state index in [1.54, 1.807) is 5.56 Å². The zero-order valence-electron chi connectivity index (χ0n) is 17.2. The summed E-state index contributed by atoms with van der Waals surface area (Å²) in [5.41, 5.74) is 5.71. The summed E-state index contributed by atoms with van der Waals surface area (Å²) in [7, 11) is 4.47. The van der Waals surface area contributed by atoms with Crippen molar-refractivity contribution in [3.63, 3.8) is 0 Å². The molecule has 0 aromatic heterocycles. The Morgan fingerprint density at radius 3 is 2.15 bits per heavy atom. The van der Waals surface area contributed by atoms with Crippen LogP contribution in [-0.4, -0.2) is 31.7 Å². The SMILES string of the molecule is Cc1cc(C)cc([O][Ti]([CH]2c3ccccc3CC2N(C)C)[SiH](C)C)c1.Cl.Cl. The monoisotopic (exact) mass is 460 g/mol. The quantitative estimate of drug-likeness (QED) is 0.563. The van der Waals surface area contributed by atoms with Crippen LogP contribution >= 0.6 is 24.8 Å². The van der Waals surface area contributed by atoms with Crippen molar-refractivity contribution in [3.8, 4) is 5.75 Å². The summed E-state index contributed by atoms with van der Waals surface area (Å²) in [5, 5.41) is 0. The number of fused-ring (bicyclic) bond motifs is 1. The van der Waals surface area contributed by atoms with Gasteiger partial charge in [-0.3, -0.25) is 0 Å². The fourth-order valence-corrected chi connectivity index (χ4v) is 14.7. The van der Waals surface area contributed by atoms with Gasteiger partial charge in [-0.1, -0.05) is 0 Å². The maximum Gasteiger partial charge on any atom is -0.147 e. The number of nitrogens with zero attached hydrogens (tertiary/aromatic N) is 1. The topological polar surface area (TPSA) is 12.5 Å². The van der Waals surface area contributed by atoms with Gasteiger partial charge in [-0.2, -0.15) is 0 Å². The smallest absolute Gasteiger partial charge is 0.147 e. The van der Waals surface area contributed by atoms with Crippen molar-refractivity contribution >= 4 is 31.5 Å². The second-order valence-corrected chi connectivity index (χ2v) is 20.5. The van der Waals surface area contributed by atoms with Crippen LogP contribution in [-0.2, 0) is 23.9 Å². The van der Waals surface area contributed by atoms with Gasteiger partial charge in [0.25, 0.3) is 0 Å². The Hall–Kier alpha value is -0.289. The molecule has 1 aliphatic carbocycles. The van der Waals surface area contributed by atoms with Crippen LogP contribution in [0.5, 0.6) is 5.75 Å². The van der Waals surface area contributed by atoms with Gasteiger partial charge in [-0.05, 0) is 0 Å². The number of rotatable bonds is 5. The number of hydrogen-bond donors (Lipinski definition) is 0. The summed E-state index contributed by atoms with van der Waals surface area (Å²) in [5.74, 6) is 1.11. The minimum Gasteiger partial charge on any atom is -0.147 e. The summed E-state index contributed by atoms with van der Waals surface area (Å²) in [4.78, 5) is 2.43. The molecule has 0 fully saturated rings. The molecule has 2 aromatic carbocycles. The maximum absolute atomic E-state index is 6.86. The van der Waals surface area contributed by atoms with E-state index >= 15 is 0 Å². The van der Waals surface area contributed by atoms with Crippen molar-refractivity contribution in [2.24, 2.45) is 0 Å². The molecule has 0 N–H and O–H groups in total. The number of aryl methyl sites for hydroxylation is 2. The zero-order chi connectivity index (χ0) is 18.1. The number of hydrogen-bond acceptors (Lipinski definition) is 2. The number of likely N-dealkylation sites (N-methyl/N-ethyl adjacent to an activating group) is 1. The molecule has 0 bridgehead atoms. The largest absolute Gasteiger partial charge is 0.147 e. The Morgan fingerprint density at radius 2 is 1.59 bits per heavy atom. The Balaban J connectivity index is 0.00000182. The predicted octanol–water partition coefficient (Wildman–Crippen LogP) is 5.27. The predicted molar refractivity (Wildman–Crippen MR) is 120 cm³/mol. The fraction of sp³-hybridized carbons (Fsp3) is 0.429. The Kier molecular flexibility index (Phi) is 9.60. The van der Waals surface area contributed by atoms with Crippen LogP contribution in [0.3, 0.4) is 0 Å². The second kappa shape index (κ2) is 10.5. The molecule has 0 spiro atoms. The van der Waals surface area contributed by atoms with E-state index in [0.29, 0.717) is 10.3 Å². The molecule has 6 heteroatoms. The first kappa shape index (κ1) is 24.7. The molecule has 27 heavy (non-hydrogen) atoms. The summed E-state index contributed by atoms with van der Waals surface area (Å²) >= 11 is -1.72. The van der Waals surface area contributed by atoms with Crippen molar-refractivity contribution in [2.75, 3.05) is 14.1 Å². The molecular weight excluding hydrogens is 429 g/mol. The van der Waals surface area contributed by atoms with Crippen LogP contribution in [0.2, 0.25) is 13.1 Å². The molecule has 0 saturated carbocycles. The van der Waals surface area contributed by atoms with E-state index in [1.807, 2.05) is 0 Å². The Bertz CT molecular complexity index is 736. The normalized spacial score (nSPS) is 17.9. The summed E-state index contributed by atoms with van der Waals surface area (Å²) in [6, 6.07) is 16.3. The van der Waals surface area contributed by atoms with Crippen LogP contribution in [0.15, 0.2) is 42.5 Å². The van der Waals surface area contributed by atoms with E-state index in [-0.39, 0.29) is 24.8 Å². The molecule has 3 rings (SSSR count). The zero-order valence-corrected chi connectivity index (χ0v) is 21.5. The van der Waals surface area contributed by atoms with Gasteiger partial charge in [0, 0.05) is 0 Å². The minimum absolute atomic E-state index is 0. The molecule has 2 unspecified atom stereocenters. The van der Waals surface area contributed by atoms with E-state index in [9.17, 15) is 0 Å². The number of halogens is 2. The second-order valence-electron chi connectivity index (χ2n) is 7.89. The van der Waals surface area contributed by atoms with Crippen LogP contribution in [0.4, 0.5) is 0 Å². The molecule has 2 atom stereocenters. The molecule has 2 aromatic rings. The molecule has 0 aliphatic heterocycles. The molecule has 0 heterocycles. The van der Waals surface area contributed by atoms with Crippen LogP contribution in [0.1, 0.15) is 26.5 Å². The summed E-state index contributed by atoms with van der Waals surface area (Å²) < 4.78 is 7.48. The third-order valence-corrected chi connectivity index (χ3v) is 16.4. The van der Waals surface area contributed by atoms with Crippen molar-refractivity contribution in [3.05, 3.63) is 64.7 Å². The molecule has 149 valence electrons. The Morgan fingerprint density at radius 1 is 1.00 bits per heavy atom. The van der Waals surface area contributed by atoms with Gasteiger partial charge < -0.3 is 0 Å². The van der Waals surface area contributed by atoms with E-state index in [2.05, 4.69) is 88.4 Å². The van der Waals surface area contributed by atoms with Crippen LogP contribution < -0.4 is 3.32 Å². The van der Waals surface area contributed by atoms with Crippen molar-refractivity contribution in [1.29, 1.82) is 0 Å². The van der Waals surface area contributed by atoms with Crippen LogP contribution in [0.25, 0.3) is 0 Å². The third kappa shape index (κ3) is 5.62. The first-order valence-corrected chi connectivity index (χ1v) is 16.4. The van der Waals surface area contributed by atoms with Gasteiger partial charge in [0.15, 0.2) is 0 Å². The Labute approximate surface area is 184 Å². The first-order valence-electron chi connectivity index (χ1n) is 9.24. The van der Waals surface area contributed by atoms with Crippen LogP contribution in [0, 0.1) is 13.8 Å². The van der Waals surface area contributed by atoms with E-state index in [1.165, 1.54) is 23.1 Å². The van der Waals surface area contributed by atoms with Gasteiger partial charge >= 0.3 is 161 Å². The van der Waals surface area contributed by atoms with Gasteiger partial charge in [-0.15, -0.1) is 24.8 Å². The van der Waals surface area contributed by atoms with Crippen molar-refractivity contribution in [2.45, 2.75) is 43.6 Å². The molecule has 0 amide bonds. The first-order chi connectivity index (χ1) is 11.9. The van der Waals surface area contributed by atoms with Gasteiger partial charge in [0.1, 0.15) is 0 Å². The molecule has 0 saturated heterocycles.